The quantitative estimate of drug-likeness (QED) is 0.870. The highest BCUT2D eigenvalue weighted by Gasteiger charge is 2.33. The molecule has 1 amide bonds. The van der Waals surface area contributed by atoms with E-state index in [9.17, 15) is 13.2 Å². The van der Waals surface area contributed by atoms with Crippen molar-refractivity contribution in [1.29, 1.82) is 0 Å². The summed E-state index contributed by atoms with van der Waals surface area (Å²) in [6.07, 6.45) is 1.53. The number of sulfonamides is 1. The maximum absolute atomic E-state index is 13.4. The van der Waals surface area contributed by atoms with E-state index in [1.807, 2.05) is 34.6 Å². The Bertz CT molecular complexity index is 944. The number of nitrogens with one attached hydrogen (secondary N) is 1. The first-order valence-electron chi connectivity index (χ1n) is 9.02. The summed E-state index contributed by atoms with van der Waals surface area (Å²) in [5.41, 5.74) is 5.22. The van der Waals surface area contributed by atoms with E-state index in [1.54, 1.807) is 11.0 Å². The Kier molecular flexibility index (Phi) is 5.14. The van der Waals surface area contributed by atoms with E-state index in [2.05, 4.69) is 10.2 Å². The number of benzene rings is 1. The van der Waals surface area contributed by atoms with Crippen molar-refractivity contribution in [2.45, 2.75) is 39.5 Å². The van der Waals surface area contributed by atoms with Crippen molar-refractivity contribution in [3.05, 3.63) is 45.8 Å². The van der Waals surface area contributed by atoms with Gasteiger partial charge < -0.3 is 4.90 Å². The molecule has 1 aliphatic rings. The third kappa shape index (κ3) is 3.27. The first kappa shape index (κ1) is 19.6. The highest BCUT2D eigenvalue weighted by atomic mass is 32.2. The highest BCUT2D eigenvalue weighted by molar-refractivity contribution is 7.89. The maximum Gasteiger partial charge on any atom is 0.271 e. The van der Waals surface area contributed by atoms with Crippen molar-refractivity contribution in [3.63, 3.8) is 0 Å². The van der Waals surface area contributed by atoms with Gasteiger partial charge in [-0.15, -0.1) is 0 Å². The maximum atomic E-state index is 13.4. The molecular weight excluding hydrogens is 364 g/mol. The Balaban J connectivity index is 1.85. The summed E-state index contributed by atoms with van der Waals surface area (Å²) < 4.78 is 28.2. The van der Waals surface area contributed by atoms with Crippen LogP contribution in [0, 0.1) is 34.6 Å². The smallest absolute Gasteiger partial charge is 0.271 e. The second-order valence-corrected chi connectivity index (χ2v) is 9.00. The molecule has 0 spiro atoms. The molecule has 0 saturated carbocycles. The predicted octanol–water partition coefficient (Wildman–Crippen LogP) is 2.10. The van der Waals surface area contributed by atoms with Crippen molar-refractivity contribution < 1.29 is 13.2 Å². The van der Waals surface area contributed by atoms with Crippen molar-refractivity contribution in [2.75, 3.05) is 26.2 Å². The number of nitrogens with zero attached hydrogens (tertiary/aromatic N) is 3. The van der Waals surface area contributed by atoms with Crippen LogP contribution in [0.25, 0.3) is 0 Å². The molecule has 1 aromatic carbocycles. The molecule has 8 heteroatoms. The van der Waals surface area contributed by atoms with Crippen LogP contribution < -0.4 is 0 Å². The Hall–Kier alpha value is -2.19. The van der Waals surface area contributed by atoms with Gasteiger partial charge >= 0.3 is 0 Å². The Morgan fingerprint density at radius 1 is 0.926 bits per heavy atom. The van der Waals surface area contributed by atoms with E-state index in [1.165, 1.54) is 10.5 Å². The van der Waals surface area contributed by atoms with Gasteiger partial charge in [-0.1, -0.05) is 0 Å². The minimum absolute atomic E-state index is 0.154. The molecule has 27 heavy (non-hydrogen) atoms. The molecular formula is C19H26N4O3S. The molecule has 3 rings (SSSR count). The molecule has 146 valence electrons. The molecule has 1 N–H and O–H groups in total. The van der Waals surface area contributed by atoms with Crippen LogP contribution in [0.15, 0.2) is 17.2 Å². The minimum Gasteiger partial charge on any atom is -0.335 e. The predicted molar refractivity (Wildman–Crippen MR) is 103 cm³/mol. The standard InChI is InChI=1S/C19H26N4O3S/c1-12-13(2)15(4)18(16(5)14(12)3)27(25,26)23-10-8-22(9-11-23)19(24)17-6-7-20-21-17/h6-7H,8-11H2,1-5H3,(H,20,21). The summed E-state index contributed by atoms with van der Waals surface area (Å²) in [5.74, 6) is -0.154. The molecule has 2 heterocycles. The summed E-state index contributed by atoms with van der Waals surface area (Å²) in [7, 11) is -3.61. The number of aromatic nitrogens is 2. The van der Waals surface area contributed by atoms with Gasteiger partial charge in [0.15, 0.2) is 0 Å². The molecule has 0 bridgehead atoms. The molecule has 1 fully saturated rings. The van der Waals surface area contributed by atoms with Crippen LogP contribution >= 0.6 is 0 Å². The van der Waals surface area contributed by atoms with Crippen LogP contribution in [0.3, 0.4) is 0 Å². The summed E-state index contributed by atoms with van der Waals surface area (Å²) >= 11 is 0. The summed E-state index contributed by atoms with van der Waals surface area (Å²) in [4.78, 5) is 14.5. The number of hydrogen-bond acceptors (Lipinski definition) is 4. The monoisotopic (exact) mass is 390 g/mol. The van der Waals surface area contributed by atoms with Gasteiger partial charge in [-0.3, -0.25) is 9.89 Å². The fourth-order valence-corrected chi connectivity index (χ4v) is 5.64. The van der Waals surface area contributed by atoms with Crippen LogP contribution in [0.5, 0.6) is 0 Å². The van der Waals surface area contributed by atoms with Crippen molar-refractivity contribution in [2.24, 2.45) is 0 Å². The van der Waals surface area contributed by atoms with Gasteiger partial charge in [-0.25, -0.2) is 8.42 Å². The van der Waals surface area contributed by atoms with E-state index in [0.29, 0.717) is 23.7 Å². The zero-order valence-electron chi connectivity index (χ0n) is 16.5. The number of piperazine rings is 1. The fraction of sp³-hybridized carbons (Fsp3) is 0.474. The number of aromatic amines is 1. The van der Waals surface area contributed by atoms with Crippen LogP contribution in [-0.4, -0.2) is 59.9 Å². The average molecular weight is 391 g/mol. The van der Waals surface area contributed by atoms with Crippen LogP contribution in [0.1, 0.15) is 38.3 Å². The van der Waals surface area contributed by atoms with Crippen LogP contribution in [0.2, 0.25) is 0 Å². The zero-order valence-corrected chi connectivity index (χ0v) is 17.3. The molecule has 1 saturated heterocycles. The normalized spacial score (nSPS) is 16.0. The first-order chi connectivity index (χ1) is 12.7. The number of hydrogen-bond donors (Lipinski definition) is 1. The molecule has 0 unspecified atom stereocenters. The topological polar surface area (TPSA) is 86.4 Å². The fourth-order valence-electron chi connectivity index (χ4n) is 3.66. The van der Waals surface area contributed by atoms with Crippen LogP contribution in [0.4, 0.5) is 0 Å². The van der Waals surface area contributed by atoms with Gasteiger partial charge in [0.2, 0.25) is 10.0 Å². The van der Waals surface area contributed by atoms with Gasteiger partial charge in [0.1, 0.15) is 5.69 Å². The van der Waals surface area contributed by atoms with E-state index in [-0.39, 0.29) is 19.0 Å². The van der Waals surface area contributed by atoms with E-state index in [0.717, 1.165) is 27.8 Å². The van der Waals surface area contributed by atoms with Gasteiger partial charge in [-0.2, -0.15) is 9.40 Å². The molecule has 1 aliphatic heterocycles. The highest BCUT2D eigenvalue weighted by Crippen LogP contribution is 2.32. The van der Waals surface area contributed by atoms with Gasteiger partial charge in [0.25, 0.3) is 5.91 Å². The number of carbonyl (C=O) groups is 1. The zero-order chi connectivity index (χ0) is 19.9. The molecule has 0 atom stereocenters. The minimum atomic E-state index is -3.61. The van der Waals surface area contributed by atoms with E-state index in [4.69, 9.17) is 0 Å². The van der Waals surface area contributed by atoms with E-state index >= 15 is 0 Å². The SMILES string of the molecule is Cc1c(C)c(C)c(S(=O)(=O)N2CCN(C(=O)c3ccn[nH]3)CC2)c(C)c1C. The lowest BCUT2D eigenvalue weighted by molar-refractivity contribution is 0.0692. The van der Waals surface area contributed by atoms with Gasteiger partial charge in [-0.05, 0) is 68.5 Å². The lowest BCUT2D eigenvalue weighted by atomic mass is 9.95. The van der Waals surface area contributed by atoms with Gasteiger partial charge in [0.05, 0.1) is 4.90 Å². The molecule has 0 aliphatic carbocycles. The number of H-pyrrole nitrogens is 1. The van der Waals surface area contributed by atoms with Crippen LogP contribution in [-0.2, 0) is 10.0 Å². The summed E-state index contributed by atoms with van der Waals surface area (Å²) in [6, 6.07) is 1.62. The third-order valence-corrected chi connectivity index (χ3v) is 7.96. The Morgan fingerprint density at radius 2 is 1.44 bits per heavy atom. The molecule has 7 nitrogen and oxygen atoms in total. The molecule has 0 radical (unpaired) electrons. The second-order valence-electron chi connectivity index (χ2n) is 7.12. The van der Waals surface area contributed by atoms with Crippen molar-refractivity contribution in [1.82, 2.24) is 19.4 Å². The lowest BCUT2D eigenvalue weighted by Gasteiger charge is -2.34. The number of amides is 1. The average Bonchev–Trinajstić information content (AvgIpc) is 3.19. The lowest BCUT2D eigenvalue weighted by Crippen LogP contribution is -2.50. The van der Waals surface area contributed by atoms with Gasteiger partial charge in [0, 0.05) is 32.4 Å². The number of rotatable bonds is 3. The number of carbonyl (C=O) groups excluding carboxylic acids is 1. The first-order valence-corrected chi connectivity index (χ1v) is 10.5. The second kappa shape index (κ2) is 7.09. The summed E-state index contributed by atoms with van der Waals surface area (Å²) in [5, 5.41) is 6.46. The molecule has 2 aromatic rings. The van der Waals surface area contributed by atoms with Crippen molar-refractivity contribution >= 4 is 15.9 Å². The molecule has 1 aromatic heterocycles. The largest absolute Gasteiger partial charge is 0.335 e. The van der Waals surface area contributed by atoms with Crippen molar-refractivity contribution in [3.8, 4) is 0 Å². The Morgan fingerprint density at radius 3 is 1.93 bits per heavy atom. The Labute approximate surface area is 160 Å². The summed E-state index contributed by atoms with van der Waals surface area (Å²) in [6.45, 7) is 11.0. The third-order valence-electron chi connectivity index (χ3n) is 5.79. The van der Waals surface area contributed by atoms with E-state index < -0.39 is 10.0 Å².